The van der Waals surface area contributed by atoms with Crippen molar-refractivity contribution in [2.75, 3.05) is 39.3 Å². The van der Waals surface area contributed by atoms with E-state index in [-0.39, 0.29) is 0 Å². The highest BCUT2D eigenvalue weighted by atomic mass is 15.2. The first-order valence-corrected chi connectivity index (χ1v) is 8.62. The maximum Gasteiger partial charge on any atom is 0.0233 e. The molecule has 0 aromatic heterocycles. The largest absolute Gasteiger partial charge is 0.313 e. The number of hydrogen-bond acceptors (Lipinski definition) is 3. The molecule has 0 bridgehead atoms. The molecule has 3 nitrogen and oxygen atoms in total. The standard InChI is InChI=1S/C18H29N3/c1-2-6-17(7-3-1)16-21-13-8-18(9-14-21)19-10-15-20-11-4-5-12-20/h1-3,6-7,18-19H,4-5,8-16H2. The Labute approximate surface area is 129 Å². The van der Waals surface area contributed by atoms with Gasteiger partial charge >= 0.3 is 0 Å². The minimum Gasteiger partial charge on any atom is -0.313 e. The zero-order chi connectivity index (χ0) is 14.3. The summed E-state index contributed by atoms with van der Waals surface area (Å²) in [7, 11) is 0. The fraction of sp³-hybridized carbons (Fsp3) is 0.667. The van der Waals surface area contributed by atoms with Crippen LogP contribution in [0.5, 0.6) is 0 Å². The molecule has 21 heavy (non-hydrogen) atoms. The maximum atomic E-state index is 3.76. The Morgan fingerprint density at radius 1 is 0.905 bits per heavy atom. The summed E-state index contributed by atoms with van der Waals surface area (Å²) in [6.07, 6.45) is 5.40. The van der Waals surface area contributed by atoms with Gasteiger partial charge in [0.15, 0.2) is 0 Å². The van der Waals surface area contributed by atoms with Crippen LogP contribution in [0, 0.1) is 0 Å². The van der Waals surface area contributed by atoms with Crippen LogP contribution in [-0.2, 0) is 6.54 Å². The third-order valence-corrected chi connectivity index (χ3v) is 4.90. The minimum absolute atomic E-state index is 0.736. The third-order valence-electron chi connectivity index (χ3n) is 4.90. The summed E-state index contributed by atoms with van der Waals surface area (Å²) in [5, 5.41) is 3.76. The van der Waals surface area contributed by atoms with Crippen LogP contribution >= 0.6 is 0 Å². The van der Waals surface area contributed by atoms with Crippen LogP contribution in [0.15, 0.2) is 30.3 Å². The van der Waals surface area contributed by atoms with E-state index in [1.54, 1.807) is 0 Å². The summed E-state index contributed by atoms with van der Waals surface area (Å²) in [6.45, 7) is 8.62. The van der Waals surface area contributed by atoms with Crippen molar-refractivity contribution in [1.29, 1.82) is 0 Å². The van der Waals surface area contributed by atoms with E-state index in [1.807, 2.05) is 0 Å². The number of nitrogens with one attached hydrogen (secondary N) is 1. The number of nitrogens with zero attached hydrogens (tertiary/aromatic N) is 2. The summed E-state index contributed by atoms with van der Waals surface area (Å²) in [5.41, 5.74) is 1.44. The lowest BCUT2D eigenvalue weighted by Gasteiger charge is -2.32. The molecule has 2 fully saturated rings. The summed E-state index contributed by atoms with van der Waals surface area (Å²) in [6, 6.07) is 11.6. The molecule has 0 aliphatic carbocycles. The highest BCUT2D eigenvalue weighted by Crippen LogP contribution is 2.14. The lowest BCUT2D eigenvalue weighted by molar-refractivity contribution is 0.188. The van der Waals surface area contributed by atoms with Gasteiger partial charge in [-0.05, 0) is 57.4 Å². The molecular weight excluding hydrogens is 258 g/mol. The molecule has 2 aliphatic rings. The van der Waals surface area contributed by atoms with Crippen molar-refractivity contribution in [2.24, 2.45) is 0 Å². The van der Waals surface area contributed by atoms with Gasteiger partial charge in [-0.3, -0.25) is 4.90 Å². The first kappa shape index (κ1) is 15.0. The van der Waals surface area contributed by atoms with E-state index in [0.717, 1.165) is 12.6 Å². The Kier molecular flexibility index (Phi) is 5.67. The quantitative estimate of drug-likeness (QED) is 0.866. The molecule has 1 N–H and O–H groups in total. The highest BCUT2D eigenvalue weighted by Gasteiger charge is 2.19. The Morgan fingerprint density at radius 3 is 2.33 bits per heavy atom. The number of likely N-dealkylation sites (tertiary alicyclic amines) is 2. The second-order valence-electron chi connectivity index (χ2n) is 6.54. The van der Waals surface area contributed by atoms with Crippen molar-refractivity contribution < 1.29 is 0 Å². The van der Waals surface area contributed by atoms with Gasteiger partial charge < -0.3 is 10.2 Å². The van der Waals surface area contributed by atoms with E-state index in [9.17, 15) is 0 Å². The Balaban J connectivity index is 1.31. The molecule has 3 heteroatoms. The van der Waals surface area contributed by atoms with Crippen LogP contribution < -0.4 is 5.32 Å². The van der Waals surface area contributed by atoms with Crippen LogP contribution in [0.25, 0.3) is 0 Å². The molecular formula is C18H29N3. The number of piperidine rings is 1. The van der Waals surface area contributed by atoms with E-state index in [2.05, 4.69) is 45.4 Å². The van der Waals surface area contributed by atoms with Crippen LogP contribution in [0.2, 0.25) is 0 Å². The predicted molar refractivity (Wildman–Crippen MR) is 88.4 cm³/mol. The van der Waals surface area contributed by atoms with Crippen molar-refractivity contribution in [1.82, 2.24) is 15.1 Å². The Bertz CT molecular complexity index is 392. The zero-order valence-electron chi connectivity index (χ0n) is 13.1. The van der Waals surface area contributed by atoms with E-state index < -0.39 is 0 Å². The Morgan fingerprint density at radius 2 is 1.62 bits per heavy atom. The molecule has 2 saturated heterocycles. The second kappa shape index (κ2) is 7.92. The molecule has 3 rings (SSSR count). The molecule has 1 aromatic carbocycles. The van der Waals surface area contributed by atoms with Gasteiger partial charge in [-0.1, -0.05) is 30.3 Å². The van der Waals surface area contributed by atoms with Gasteiger partial charge in [0.25, 0.3) is 0 Å². The molecule has 0 radical (unpaired) electrons. The first-order valence-electron chi connectivity index (χ1n) is 8.62. The summed E-state index contributed by atoms with van der Waals surface area (Å²) < 4.78 is 0. The van der Waals surface area contributed by atoms with E-state index in [0.29, 0.717) is 0 Å². The maximum absolute atomic E-state index is 3.76. The van der Waals surface area contributed by atoms with E-state index >= 15 is 0 Å². The average Bonchev–Trinajstić information content (AvgIpc) is 3.03. The van der Waals surface area contributed by atoms with Crippen molar-refractivity contribution in [3.8, 4) is 0 Å². The molecule has 0 saturated carbocycles. The van der Waals surface area contributed by atoms with Crippen molar-refractivity contribution in [3.05, 3.63) is 35.9 Å². The molecule has 2 aliphatic heterocycles. The first-order chi connectivity index (χ1) is 10.4. The molecule has 1 aromatic rings. The Hall–Kier alpha value is -0.900. The van der Waals surface area contributed by atoms with Crippen LogP contribution in [0.1, 0.15) is 31.2 Å². The van der Waals surface area contributed by atoms with Gasteiger partial charge in [0.1, 0.15) is 0 Å². The van der Waals surface area contributed by atoms with Crippen molar-refractivity contribution in [3.63, 3.8) is 0 Å². The van der Waals surface area contributed by atoms with Gasteiger partial charge in [0, 0.05) is 25.7 Å². The van der Waals surface area contributed by atoms with Crippen LogP contribution in [0.4, 0.5) is 0 Å². The fourth-order valence-electron chi connectivity index (χ4n) is 3.57. The molecule has 116 valence electrons. The summed E-state index contributed by atoms with van der Waals surface area (Å²) in [4.78, 5) is 5.19. The summed E-state index contributed by atoms with van der Waals surface area (Å²) >= 11 is 0. The topological polar surface area (TPSA) is 18.5 Å². The van der Waals surface area contributed by atoms with Gasteiger partial charge in [0.2, 0.25) is 0 Å². The minimum atomic E-state index is 0.736. The third kappa shape index (κ3) is 4.80. The normalized spacial score (nSPS) is 21.9. The molecule has 0 atom stereocenters. The molecule has 0 amide bonds. The van der Waals surface area contributed by atoms with Crippen LogP contribution in [-0.4, -0.2) is 55.1 Å². The predicted octanol–water partition coefficient (Wildman–Crippen LogP) is 2.34. The lowest BCUT2D eigenvalue weighted by atomic mass is 10.0. The van der Waals surface area contributed by atoms with Gasteiger partial charge in [-0.15, -0.1) is 0 Å². The second-order valence-corrected chi connectivity index (χ2v) is 6.54. The molecule has 2 heterocycles. The zero-order valence-corrected chi connectivity index (χ0v) is 13.1. The van der Waals surface area contributed by atoms with Gasteiger partial charge in [-0.2, -0.15) is 0 Å². The molecule has 0 spiro atoms. The average molecular weight is 287 g/mol. The van der Waals surface area contributed by atoms with E-state index in [1.165, 1.54) is 70.5 Å². The number of benzene rings is 1. The number of hydrogen-bond donors (Lipinski definition) is 1. The monoisotopic (exact) mass is 287 g/mol. The van der Waals surface area contributed by atoms with Crippen molar-refractivity contribution in [2.45, 2.75) is 38.3 Å². The van der Waals surface area contributed by atoms with E-state index in [4.69, 9.17) is 0 Å². The van der Waals surface area contributed by atoms with Crippen molar-refractivity contribution >= 4 is 0 Å². The van der Waals surface area contributed by atoms with Gasteiger partial charge in [0.05, 0.1) is 0 Å². The van der Waals surface area contributed by atoms with Crippen LogP contribution in [0.3, 0.4) is 0 Å². The smallest absolute Gasteiger partial charge is 0.0233 e. The summed E-state index contributed by atoms with van der Waals surface area (Å²) in [5.74, 6) is 0. The molecule has 0 unspecified atom stereocenters. The highest BCUT2D eigenvalue weighted by molar-refractivity contribution is 5.14. The fourth-order valence-corrected chi connectivity index (χ4v) is 3.57. The van der Waals surface area contributed by atoms with Gasteiger partial charge in [-0.25, -0.2) is 0 Å². The number of rotatable bonds is 6. The SMILES string of the molecule is c1ccc(CN2CCC(NCCN3CCCC3)CC2)cc1. The lowest BCUT2D eigenvalue weighted by Crippen LogP contribution is -2.44.